The number of carbonyl (C=O) groups excluding carboxylic acids is 1. The first-order chi connectivity index (χ1) is 12.6. The van der Waals surface area contributed by atoms with E-state index in [4.69, 9.17) is 4.74 Å². The average molecular weight is 349 g/mol. The van der Waals surface area contributed by atoms with E-state index >= 15 is 0 Å². The van der Waals surface area contributed by atoms with Gasteiger partial charge < -0.3 is 9.64 Å². The molecule has 0 radical (unpaired) electrons. The summed E-state index contributed by atoms with van der Waals surface area (Å²) < 4.78 is 7.43. The van der Waals surface area contributed by atoms with Gasteiger partial charge in [-0.1, -0.05) is 24.3 Å². The maximum Gasteiger partial charge on any atom is 0.228 e. The largest absolute Gasteiger partial charge is 0.381 e. The molecule has 1 saturated heterocycles. The summed E-state index contributed by atoms with van der Waals surface area (Å²) >= 11 is 0. The van der Waals surface area contributed by atoms with E-state index in [0.29, 0.717) is 13.2 Å². The molecule has 0 spiro atoms. The summed E-state index contributed by atoms with van der Waals surface area (Å²) in [6, 6.07) is 16.4. The molecule has 1 amide bonds. The lowest BCUT2D eigenvalue weighted by Gasteiger charge is -2.27. The van der Waals surface area contributed by atoms with Gasteiger partial charge in [-0.25, -0.2) is 4.98 Å². The van der Waals surface area contributed by atoms with Gasteiger partial charge in [-0.3, -0.25) is 9.36 Å². The van der Waals surface area contributed by atoms with Gasteiger partial charge in [0.05, 0.1) is 29.6 Å². The molecule has 2 aromatic carbocycles. The molecule has 0 saturated carbocycles. The fourth-order valence-corrected chi connectivity index (χ4v) is 3.51. The van der Waals surface area contributed by atoms with Crippen molar-refractivity contribution in [2.24, 2.45) is 5.92 Å². The number of amides is 1. The number of benzene rings is 2. The summed E-state index contributed by atoms with van der Waals surface area (Å²) in [5, 5.41) is 0. The Morgan fingerprint density at radius 1 is 1.23 bits per heavy atom. The lowest BCUT2D eigenvalue weighted by Crippen LogP contribution is -2.35. The van der Waals surface area contributed by atoms with Crippen LogP contribution in [0.2, 0.25) is 0 Å². The number of nitrogens with zero attached hydrogens (tertiary/aromatic N) is 3. The topological polar surface area (TPSA) is 47.4 Å². The van der Waals surface area contributed by atoms with E-state index in [1.54, 1.807) is 0 Å². The molecule has 1 fully saturated rings. The Hall–Kier alpha value is -2.66. The van der Waals surface area contributed by atoms with Gasteiger partial charge in [-0.05, 0) is 43.2 Å². The van der Waals surface area contributed by atoms with Crippen molar-refractivity contribution in [3.8, 4) is 5.69 Å². The predicted molar refractivity (Wildman–Crippen MR) is 101 cm³/mol. The van der Waals surface area contributed by atoms with Crippen LogP contribution in [0.1, 0.15) is 24.9 Å². The van der Waals surface area contributed by atoms with E-state index in [1.807, 2.05) is 36.5 Å². The Morgan fingerprint density at radius 3 is 2.73 bits per heavy atom. The lowest BCUT2D eigenvalue weighted by molar-refractivity contribution is -0.136. The Morgan fingerprint density at radius 2 is 2.00 bits per heavy atom. The van der Waals surface area contributed by atoms with Gasteiger partial charge in [0, 0.05) is 19.3 Å². The van der Waals surface area contributed by atoms with Gasteiger partial charge in [0.2, 0.25) is 5.91 Å². The third-order valence-corrected chi connectivity index (χ3v) is 5.31. The highest BCUT2D eigenvalue weighted by Crippen LogP contribution is 2.25. The van der Waals surface area contributed by atoms with Crippen LogP contribution in [-0.2, 0) is 9.53 Å². The van der Waals surface area contributed by atoms with E-state index in [9.17, 15) is 4.79 Å². The van der Waals surface area contributed by atoms with Gasteiger partial charge in [0.25, 0.3) is 0 Å². The molecule has 5 nitrogen and oxygen atoms in total. The van der Waals surface area contributed by atoms with E-state index in [-0.39, 0.29) is 17.9 Å². The Kier molecular flexibility index (Phi) is 4.47. The standard InChI is InChI=1S/C21H23N3O2/c1-15(23(2)21(25)17-11-12-26-13-17)16-7-9-18(10-8-16)24-14-22-19-5-3-4-6-20(19)24/h3-10,14-15,17H,11-13H2,1-2H3/t15-,17-/m1/s1. The molecule has 134 valence electrons. The maximum absolute atomic E-state index is 12.6. The summed E-state index contributed by atoms with van der Waals surface area (Å²) in [5.41, 5.74) is 4.25. The van der Waals surface area contributed by atoms with Crippen LogP contribution in [0.4, 0.5) is 0 Å². The second-order valence-electron chi connectivity index (χ2n) is 6.88. The van der Waals surface area contributed by atoms with Crippen molar-refractivity contribution < 1.29 is 9.53 Å². The normalized spacial score (nSPS) is 18.2. The highest BCUT2D eigenvalue weighted by molar-refractivity contribution is 5.79. The van der Waals surface area contributed by atoms with Crippen molar-refractivity contribution in [2.75, 3.05) is 20.3 Å². The molecule has 2 heterocycles. The second-order valence-corrected chi connectivity index (χ2v) is 6.88. The van der Waals surface area contributed by atoms with Gasteiger partial charge in [0.15, 0.2) is 0 Å². The molecule has 2 atom stereocenters. The summed E-state index contributed by atoms with van der Waals surface area (Å²) in [7, 11) is 1.88. The Balaban J connectivity index is 1.54. The van der Waals surface area contributed by atoms with Crippen molar-refractivity contribution in [1.29, 1.82) is 0 Å². The van der Waals surface area contributed by atoms with Crippen LogP contribution in [0.5, 0.6) is 0 Å². The SMILES string of the molecule is C[C@H](c1ccc(-n2cnc3ccccc32)cc1)N(C)C(=O)[C@@H]1CCOC1. The van der Waals surface area contributed by atoms with E-state index < -0.39 is 0 Å². The number of fused-ring (bicyclic) bond motifs is 1. The number of carbonyl (C=O) groups is 1. The molecule has 0 aliphatic carbocycles. The molecular weight excluding hydrogens is 326 g/mol. The zero-order valence-corrected chi connectivity index (χ0v) is 15.1. The molecule has 0 bridgehead atoms. The minimum absolute atomic E-state index is 0.000892. The zero-order valence-electron chi connectivity index (χ0n) is 15.1. The molecule has 1 aliphatic rings. The number of para-hydroxylation sites is 2. The van der Waals surface area contributed by atoms with E-state index in [0.717, 1.165) is 28.7 Å². The summed E-state index contributed by atoms with van der Waals surface area (Å²) in [6.45, 7) is 3.30. The monoisotopic (exact) mass is 349 g/mol. The minimum atomic E-state index is -0.000892. The lowest BCUT2D eigenvalue weighted by atomic mass is 10.0. The number of aromatic nitrogens is 2. The predicted octanol–water partition coefficient (Wildman–Crippen LogP) is 3.58. The highest BCUT2D eigenvalue weighted by Gasteiger charge is 2.28. The number of hydrogen-bond acceptors (Lipinski definition) is 3. The molecule has 0 unspecified atom stereocenters. The molecule has 1 aliphatic heterocycles. The fraction of sp³-hybridized carbons (Fsp3) is 0.333. The van der Waals surface area contributed by atoms with Crippen molar-refractivity contribution in [3.05, 3.63) is 60.4 Å². The van der Waals surface area contributed by atoms with E-state index in [2.05, 4.69) is 46.8 Å². The summed E-state index contributed by atoms with van der Waals surface area (Å²) in [4.78, 5) is 18.9. The molecule has 5 heteroatoms. The summed E-state index contributed by atoms with van der Waals surface area (Å²) in [6.07, 6.45) is 2.67. The second kappa shape index (κ2) is 6.92. The number of rotatable bonds is 4. The molecular formula is C21H23N3O2. The van der Waals surface area contributed by atoms with Gasteiger partial charge in [-0.2, -0.15) is 0 Å². The smallest absolute Gasteiger partial charge is 0.228 e. The van der Waals surface area contributed by atoms with Gasteiger partial charge in [-0.15, -0.1) is 0 Å². The molecule has 26 heavy (non-hydrogen) atoms. The Labute approximate surface area is 153 Å². The van der Waals surface area contributed by atoms with Crippen LogP contribution >= 0.6 is 0 Å². The number of imidazole rings is 1. The van der Waals surface area contributed by atoms with Gasteiger partial charge >= 0.3 is 0 Å². The summed E-state index contributed by atoms with van der Waals surface area (Å²) in [5.74, 6) is 0.165. The first-order valence-electron chi connectivity index (χ1n) is 9.02. The fourth-order valence-electron chi connectivity index (χ4n) is 3.51. The quantitative estimate of drug-likeness (QED) is 0.723. The van der Waals surface area contributed by atoms with Crippen molar-refractivity contribution in [3.63, 3.8) is 0 Å². The van der Waals surface area contributed by atoms with Crippen molar-refractivity contribution in [2.45, 2.75) is 19.4 Å². The van der Waals surface area contributed by atoms with Crippen LogP contribution in [0.3, 0.4) is 0 Å². The van der Waals surface area contributed by atoms with Crippen molar-refractivity contribution >= 4 is 16.9 Å². The van der Waals surface area contributed by atoms with Crippen LogP contribution in [0, 0.1) is 5.92 Å². The highest BCUT2D eigenvalue weighted by atomic mass is 16.5. The molecule has 4 rings (SSSR count). The van der Waals surface area contributed by atoms with E-state index in [1.165, 1.54) is 0 Å². The zero-order chi connectivity index (χ0) is 18.1. The first kappa shape index (κ1) is 16.8. The number of ether oxygens (including phenoxy) is 1. The van der Waals surface area contributed by atoms with Crippen LogP contribution < -0.4 is 0 Å². The van der Waals surface area contributed by atoms with Crippen LogP contribution in [0.15, 0.2) is 54.9 Å². The minimum Gasteiger partial charge on any atom is -0.381 e. The Bertz CT molecular complexity index is 910. The molecule has 0 N–H and O–H groups in total. The molecule has 3 aromatic rings. The van der Waals surface area contributed by atoms with Gasteiger partial charge in [0.1, 0.15) is 6.33 Å². The third-order valence-electron chi connectivity index (χ3n) is 5.31. The maximum atomic E-state index is 12.6. The van der Waals surface area contributed by atoms with Crippen molar-refractivity contribution in [1.82, 2.24) is 14.5 Å². The van der Waals surface area contributed by atoms with Crippen LogP contribution in [-0.4, -0.2) is 40.6 Å². The first-order valence-corrected chi connectivity index (χ1v) is 9.02. The average Bonchev–Trinajstić information content (AvgIpc) is 3.36. The van der Waals surface area contributed by atoms with Crippen LogP contribution in [0.25, 0.3) is 16.7 Å². The third kappa shape index (κ3) is 2.99. The molecule has 1 aromatic heterocycles. The number of hydrogen-bond donors (Lipinski definition) is 0.